The van der Waals surface area contributed by atoms with E-state index < -0.39 is 27.6 Å². The van der Waals surface area contributed by atoms with Crippen LogP contribution in [-0.2, 0) is 23.1 Å². The SMILES string of the molecule is CCn1cc(C(=O)NCc2ccc(F)cc2F)c(S(=O)(=O)N2CCCCC2)n1. The minimum absolute atomic E-state index is 0.0880. The summed E-state index contributed by atoms with van der Waals surface area (Å²) in [6, 6.07) is 3.04. The lowest BCUT2D eigenvalue weighted by Crippen LogP contribution is -2.37. The minimum Gasteiger partial charge on any atom is -0.348 e. The molecule has 7 nitrogen and oxygen atoms in total. The van der Waals surface area contributed by atoms with E-state index in [4.69, 9.17) is 0 Å². The van der Waals surface area contributed by atoms with Gasteiger partial charge in [0.2, 0.25) is 5.03 Å². The molecular weight excluding hydrogens is 390 g/mol. The zero-order valence-corrected chi connectivity index (χ0v) is 16.3. The normalized spacial score (nSPS) is 15.5. The third kappa shape index (κ3) is 4.22. The van der Waals surface area contributed by atoms with Gasteiger partial charge in [0, 0.05) is 44.0 Å². The van der Waals surface area contributed by atoms with Crippen LogP contribution in [0.2, 0.25) is 0 Å². The minimum atomic E-state index is -3.91. The van der Waals surface area contributed by atoms with Crippen molar-refractivity contribution in [1.82, 2.24) is 19.4 Å². The van der Waals surface area contributed by atoms with Gasteiger partial charge in [0.1, 0.15) is 11.6 Å². The quantitative estimate of drug-likeness (QED) is 0.789. The lowest BCUT2D eigenvalue weighted by Gasteiger charge is -2.25. The number of aryl methyl sites for hydroxylation is 1. The Morgan fingerprint density at radius 3 is 2.57 bits per heavy atom. The van der Waals surface area contributed by atoms with E-state index in [0.717, 1.165) is 31.4 Å². The number of halogens is 2. The molecule has 3 rings (SSSR count). The Hall–Kier alpha value is -2.33. The van der Waals surface area contributed by atoms with Crippen LogP contribution < -0.4 is 5.32 Å². The first-order valence-electron chi connectivity index (χ1n) is 9.12. The Labute approximate surface area is 162 Å². The zero-order valence-electron chi connectivity index (χ0n) is 15.5. The van der Waals surface area contributed by atoms with Crippen molar-refractivity contribution in [2.24, 2.45) is 0 Å². The molecule has 0 bridgehead atoms. The van der Waals surface area contributed by atoms with Gasteiger partial charge in [0.25, 0.3) is 15.9 Å². The number of rotatable bonds is 6. The van der Waals surface area contributed by atoms with Gasteiger partial charge in [-0.15, -0.1) is 0 Å². The summed E-state index contributed by atoms with van der Waals surface area (Å²) in [5, 5.41) is 6.28. The average molecular weight is 412 g/mol. The highest BCUT2D eigenvalue weighted by molar-refractivity contribution is 7.89. The van der Waals surface area contributed by atoms with Gasteiger partial charge in [0.15, 0.2) is 0 Å². The maximum absolute atomic E-state index is 13.8. The first-order valence-corrected chi connectivity index (χ1v) is 10.6. The van der Waals surface area contributed by atoms with Crippen LogP contribution in [0.25, 0.3) is 0 Å². The van der Waals surface area contributed by atoms with Crippen LogP contribution in [0, 0.1) is 11.6 Å². The van der Waals surface area contributed by atoms with Gasteiger partial charge in [-0.25, -0.2) is 17.2 Å². The van der Waals surface area contributed by atoms with Gasteiger partial charge in [-0.3, -0.25) is 9.48 Å². The van der Waals surface area contributed by atoms with Crippen LogP contribution in [0.15, 0.2) is 29.4 Å². The van der Waals surface area contributed by atoms with Crippen molar-refractivity contribution in [3.05, 3.63) is 47.2 Å². The monoisotopic (exact) mass is 412 g/mol. The number of nitrogens with one attached hydrogen (secondary N) is 1. The Kier molecular flexibility index (Phi) is 6.09. The molecule has 0 saturated carbocycles. The van der Waals surface area contributed by atoms with Crippen molar-refractivity contribution in [1.29, 1.82) is 0 Å². The molecule has 2 aromatic rings. The number of benzene rings is 1. The maximum Gasteiger partial charge on any atom is 0.263 e. The van der Waals surface area contributed by atoms with Crippen LogP contribution in [0.1, 0.15) is 42.1 Å². The van der Waals surface area contributed by atoms with Crippen molar-refractivity contribution >= 4 is 15.9 Å². The third-order valence-electron chi connectivity index (χ3n) is 4.65. The molecule has 1 aromatic heterocycles. The van der Waals surface area contributed by atoms with E-state index in [2.05, 4.69) is 10.4 Å². The summed E-state index contributed by atoms with van der Waals surface area (Å²) in [4.78, 5) is 12.6. The number of carbonyl (C=O) groups excluding carboxylic acids is 1. The second-order valence-corrected chi connectivity index (χ2v) is 8.44. The van der Waals surface area contributed by atoms with Gasteiger partial charge in [-0.05, 0) is 25.8 Å². The molecule has 1 aliphatic rings. The first-order chi connectivity index (χ1) is 13.3. The Morgan fingerprint density at radius 2 is 1.93 bits per heavy atom. The summed E-state index contributed by atoms with van der Waals surface area (Å²) in [7, 11) is -3.91. The molecule has 1 N–H and O–H groups in total. The number of aromatic nitrogens is 2. The lowest BCUT2D eigenvalue weighted by molar-refractivity contribution is 0.0947. The number of piperidine rings is 1. The molecule has 1 aromatic carbocycles. The number of amides is 1. The van der Waals surface area contributed by atoms with E-state index in [-0.39, 0.29) is 22.7 Å². The van der Waals surface area contributed by atoms with Gasteiger partial charge in [-0.1, -0.05) is 12.5 Å². The Bertz CT molecular complexity index is 969. The van der Waals surface area contributed by atoms with E-state index in [0.29, 0.717) is 19.6 Å². The zero-order chi connectivity index (χ0) is 20.3. The Morgan fingerprint density at radius 1 is 1.21 bits per heavy atom. The van der Waals surface area contributed by atoms with Gasteiger partial charge in [0.05, 0.1) is 5.56 Å². The number of hydrogen-bond donors (Lipinski definition) is 1. The van der Waals surface area contributed by atoms with E-state index in [1.807, 2.05) is 0 Å². The van der Waals surface area contributed by atoms with E-state index in [1.54, 1.807) is 6.92 Å². The molecule has 1 amide bonds. The van der Waals surface area contributed by atoms with Crippen molar-refractivity contribution in [2.75, 3.05) is 13.1 Å². The molecule has 1 fully saturated rings. The summed E-state index contributed by atoms with van der Waals surface area (Å²) in [5.41, 5.74) is 0.00742. The van der Waals surface area contributed by atoms with Crippen LogP contribution in [0.3, 0.4) is 0 Å². The molecule has 2 heterocycles. The molecular formula is C18H22F2N4O3S. The molecule has 10 heteroatoms. The van der Waals surface area contributed by atoms with Gasteiger partial charge in [-0.2, -0.15) is 9.40 Å². The van der Waals surface area contributed by atoms with Crippen molar-refractivity contribution < 1.29 is 22.0 Å². The maximum atomic E-state index is 13.8. The number of hydrogen-bond acceptors (Lipinski definition) is 4. The first kappa shape index (κ1) is 20.4. The topological polar surface area (TPSA) is 84.3 Å². The highest BCUT2D eigenvalue weighted by Crippen LogP contribution is 2.22. The van der Waals surface area contributed by atoms with Gasteiger partial charge < -0.3 is 5.32 Å². The number of nitrogens with zero attached hydrogens (tertiary/aromatic N) is 3. The molecule has 28 heavy (non-hydrogen) atoms. The van der Waals surface area contributed by atoms with E-state index >= 15 is 0 Å². The summed E-state index contributed by atoms with van der Waals surface area (Å²) in [5.74, 6) is -2.18. The summed E-state index contributed by atoms with van der Waals surface area (Å²) in [6.45, 7) is 2.75. The standard InChI is InChI=1S/C18H22F2N4O3S/c1-2-23-12-15(17(25)21-11-13-6-7-14(19)10-16(13)20)18(22-23)28(26,27)24-8-4-3-5-9-24/h6-7,10,12H,2-5,8-9,11H2,1H3,(H,21,25). The van der Waals surface area contributed by atoms with Crippen LogP contribution in [-0.4, -0.2) is 41.5 Å². The van der Waals surface area contributed by atoms with Gasteiger partial charge >= 0.3 is 0 Å². The molecule has 152 valence electrons. The molecule has 0 spiro atoms. The third-order valence-corrected chi connectivity index (χ3v) is 6.49. The molecule has 0 atom stereocenters. The van der Waals surface area contributed by atoms with E-state index in [1.165, 1.54) is 21.3 Å². The summed E-state index contributed by atoms with van der Waals surface area (Å²) >= 11 is 0. The second kappa shape index (κ2) is 8.36. The smallest absolute Gasteiger partial charge is 0.263 e. The summed E-state index contributed by atoms with van der Waals surface area (Å²) in [6.07, 6.45) is 3.86. The average Bonchev–Trinajstić information content (AvgIpc) is 3.13. The largest absolute Gasteiger partial charge is 0.348 e. The number of carbonyl (C=O) groups is 1. The molecule has 0 aliphatic carbocycles. The van der Waals surface area contributed by atoms with Crippen molar-refractivity contribution in [3.63, 3.8) is 0 Å². The highest BCUT2D eigenvalue weighted by Gasteiger charge is 2.33. The molecule has 1 saturated heterocycles. The van der Waals surface area contributed by atoms with Crippen LogP contribution in [0.5, 0.6) is 0 Å². The molecule has 0 unspecified atom stereocenters. The lowest BCUT2D eigenvalue weighted by atomic mass is 10.2. The molecule has 0 radical (unpaired) electrons. The highest BCUT2D eigenvalue weighted by atomic mass is 32.2. The predicted molar refractivity (Wildman–Crippen MR) is 98.0 cm³/mol. The molecule has 1 aliphatic heterocycles. The van der Waals surface area contributed by atoms with Crippen molar-refractivity contribution in [3.8, 4) is 0 Å². The Balaban J connectivity index is 1.84. The van der Waals surface area contributed by atoms with Crippen LogP contribution in [0.4, 0.5) is 8.78 Å². The number of sulfonamides is 1. The fourth-order valence-electron chi connectivity index (χ4n) is 3.08. The van der Waals surface area contributed by atoms with E-state index in [9.17, 15) is 22.0 Å². The fourth-order valence-corrected chi connectivity index (χ4v) is 4.69. The van der Waals surface area contributed by atoms with Crippen LogP contribution >= 0.6 is 0 Å². The van der Waals surface area contributed by atoms with Crippen molar-refractivity contribution in [2.45, 2.75) is 44.3 Å². The second-order valence-electron chi connectivity index (χ2n) is 6.59. The fraction of sp³-hybridized carbons (Fsp3) is 0.444. The summed E-state index contributed by atoms with van der Waals surface area (Å²) < 4.78 is 55.4. The predicted octanol–water partition coefficient (Wildman–Crippen LogP) is 2.29.